The van der Waals surface area contributed by atoms with Gasteiger partial charge in [-0.25, -0.2) is 8.42 Å². The van der Waals surface area contributed by atoms with Crippen LogP contribution in [-0.4, -0.2) is 74.9 Å². The van der Waals surface area contributed by atoms with Crippen LogP contribution in [-0.2, 0) is 19.6 Å². The quantitative estimate of drug-likeness (QED) is 0.781. The Morgan fingerprint density at radius 3 is 2.22 bits per heavy atom. The zero-order chi connectivity index (χ0) is 19.4. The van der Waals surface area contributed by atoms with Gasteiger partial charge in [0.2, 0.25) is 15.9 Å². The normalized spacial score (nSPS) is 19.7. The summed E-state index contributed by atoms with van der Waals surface area (Å²) in [5.74, 6) is -0.488. The molecule has 0 unspecified atom stereocenters. The van der Waals surface area contributed by atoms with E-state index in [0.29, 0.717) is 31.9 Å². The number of amides is 2. The predicted molar refractivity (Wildman–Crippen MR) is 98.8 cm³/mol. The number of likely N-dealkylation sites (tertiary alicyclic amines) is 1. The lowest BCUT2D eigenvalue weighted by atomic mass is 10.2. The minimum atomic E-state index is -3.59. The SMILES string of the molecule is C[C@@H](NC(=O)c1ccc(S(=O)(=O)N2CCOCC2)cc1)C(=O)N1CCCC1. The zero-order valence-corrected chi connectivity index (χ0v) is 16.2. The Bertz CT molecular complexity index is 782. The van der Waals surface area contributed by atoms with E-state index in [0.717, 1.165) is 25.9 Å². The highest BCUT2D eigenvalue weighted by Gasteiger charge is 2.27. The number of carbonyl (C=O) groups excluding carboxylic acids is 2. The summed E-state index contributed by atoms with van der Waals surface area (Å²) in [6, 6.07) is 5.16. The number of nitrogens with zero attached hydrogens (tertiary/aromatic N) is 2. The number of hydrogen-bond donors (Lipinski definition) is 1. The van der Waals surface area contributed by atoms with Crippen LogP contribution in [0, 0.1) is 0 Å². The summed E-state index contributed by atoms with van der Waals surface area (Å²) in [5.41, 5.74) is 0.317. The summed E-state index contributed by atoms with van der Waals surface area (Å²) < 4.78 is 31.8. The van der Waals surface area contributed by atoms with E-state index in [1.54, 1.807) is 11.8 Å². The second-order valence-electron chi connectivity index (χ2n) is 6.77. The lowest BCUT2D eigenvalue weighted by Gasteiger charge is -2.26. The first-order chi connectivity index (χ1) is 12.9. The van der Waals surface area contributed by atoms with Gasteiger partial charge in [0.15, 0.2) is 0 Å². The van der Waals surface area contributed by atoms with Gasteiger partial charge >= 0.3 is 0 Å². The molecule has 2 amide bonds. The van der Waals surface area contributed by atoms with Crippen molar-refractivity contribution in [1.29, 1.82) is 0 Å². The largest absolute Gasteiger partial charge is 0.379 e. The van der Waals surface area contributed by atoms with Gasteiger partial charge in [0, 0.05) is 31.7 Å². The van der Waals surface area contributed by atoms with Crippen LogP contribution in [0.15, 0.2) is 29.2 Å². The molecule has 1 aromatic carbocycles. The maximum Gasteiger partial charge on any atom is 0.251 e. The number of benzene rings is 1. The van der Waals surface area contributed by atoms with Crippen LogP contribution >= 0.6 is 0 Å². The molecular formula is C18H25N3O5S. The van der Waals surface area contributed by atoms with Crippen LogP contribution in [0.25, 0.3) is 0 Å². The third kappa shape index (κ3) is 4.48. The van der Waals surface area contributed by atoms with Gasteiger partial charge in [-0.1, -0.05) is 0 Å². The van der Waals surface area contributed by atoms with Gasteiger partial charge in [-0.2, -0.15) is 4.31 Å². The smallest absolute Gasteiger partial charge is 0.251 e. The number of nitrogens with one attached hydrogen (secondary N) is 1. The first-order valence-electron chi connectivity index (χ1n) is 9.17. The highest BCUT2D eigenvalue weighted by molar-refractivity contribution is 7.89. The summed E-state index contributed by atoms with van der Waals surface area (Å²) in [7, 11) is -3.59. The van der Waals surface area contributed by atoms with Crippen LogP contribution in [0.3, 0.4) is 0 Å². The molecule has 2 aliphatic rings. The number of hydrogen-bond acceptors (Lipinski definition) is 5. The van der Waals surface area contributed by atoms with Gasteiger partial charge < -0.3 is 15.0 Å². The fourth-order valence-corrected chi connectivity index (χ4v) is 4.68. The molecule has 0 saturated carbocycles. The Balaban J connectivity index is 1.64. The molecule has 9 heteroatoms. The van der Waals surface area contributed by atoms with Crippen molar-refractivity contribution in [3.8, 4) is 0 Å². The highest BCUT2D eigenvalue weighted by atomic mass is 32.2. The van der Waals surface area contributed by atoms with Crippen LogP contribution in [0.1, 0.15) is 30.1 Å². The van der Waals surface area contributed by atoms with E-state index in [-0.39, 0.29) is 10.8 Å². The number of ether oxygens (including phenoxy) is 1. The predicted octanol–water partition coefficient (Wildman–Crippen LogP) is 0.448. The highest BCUT2D eigenvalue weighted by Crippen LogP contribution is 2.18. The molecule has 148 valence electrons. The zero-order valence-electron chi connectivity index (χ0n) is 15.4. The van der Waals surface area contributed by atoms with Crippen LogP contribution in [0.4, 0.5) is 0 Å². The summed E-state index contributed by atoms with van der Waals surface area (Å²) in [6.07, 6.45) is 1.98. The number of rotatable bonds is 5. The van der Waals surface area contributed by atoms with Crippen molar-refractivity contribution in [2.75, 3.05) is 39.4 Å². The van der Waals surface area contributed by atoms with Crippen LogP contribution in [0.2, 0.25) is 0 Å². The lowest BCUT2D eigenvalue weighted by molar-refractivity contribution is -0.131. The molecule has 2 heterocycles. The standard InChI is InChI=1S/C18H25N3O5S/c1-14(18(23)20-8-2-3-9-20)19-17(22)15-4-6-16(7-5-15)27(24,25)21-10-12-26-13-11-21/h4-7,14H,2-3,8-13H2,1H3,(H,19,22)/t14-/m1/s1. The van der Waals surface area contributed by atoms with Gasteiger partial charge in [-0.3, -0.25) is 9.59 Å². The van der Waals surface area contributed by atoms with Crippen molar-refractivity contribution in [3.05, 3.63) is 29.8 Å². The van der Waals surface area contributed by atoms with E-state index < -0.39 is 22.0 Å². The average molecular weight is 395 g/mol. The molecule has 1 atom stereocenters. The molecule has 27 heavy (non-hydrogen) atoms. The molecule has 3 rings (SSSR count). The van der Waals surface area contributed by atoms with Crippen molar-refractivity contribution in [2.45, 2.75) is 30.7 Å². The molecular weight excluding hydrogens is 370 g/mol. The number of carbonyl (C=O) groups is 2. The maximum absolute atomic E-state index is 12.6. The van der Waals surface area contributed by atoms with Crippen LogP contribution < -0.4 is 5.32 Å². The molecule has 0 aromatic heterocycles. The molecule has 0 bridgehead atoms. The van der Waals surface area contributed by atoms with Crippen molar-refractivity contribution < 1.29 is 22.7 Å². The molecule has 2 saturated heterocycles. The second-order valence-corrected chi connectivity index (χ2v) is 8.71. The molecule has 0 aliphatic carbocycles. The van der Waals surface area contributed by atoms with E-state index >= 15 is 0 Å². The molecule has 2 aliphatic heterocycles. The molecule has 0 spiro atoms. The first-order valence-corrected chi connectivity index (χ1v) is 10.6. The van der Waals surface area contributed by atoms with Crippen molar-refractivity contribution in [2.24, 2.45) is 0 Å². The summed E-state index contributed by atoms with van der Waals surface area (Å²) in [6.45, 7) is 4.52. The number of sulfonamides is 1. The van der Waals surface area contributed by atoms with E-state index in [1.807, 2.05) is 0 Å². The molecule has 1 aromatic rings. The van der Waals surface area contributed by atoms with Gasteiger partial charge in [-0.15, -0.1) is 0 Å². The van der Waals surface area contributed by atoms with Gasteiger partial charge in [0.25, 0.3) is 5.91 Å². The van der Waals surface area contributed by atoms with E-state index in [1.165, 1.54) is 28.6 Å². The minimum absolute atomic E-state index is 0.0904. The molecule has 0 radical (unpaired) electrons. The Hall–Kier alpha value is -1.97. The van der Waals surface area contributed by atoms with Crippen LogP contribution in [0.5, 0.6) is 0 Å². The van der Waals surface area contributed by atoms with Gasteiger partial charge in [-0.05, 0) is 44.0 Å². The Kier molecular flexibility index (Phi) is 6.13. The Morgan fingerprint density at radius 1 is 1.04 bits per heavy atom. The van der Waals surface area contributed by atoms with E-state index in [9.17, 15) is 18.0 Å². The van der Waals surface area contributed by atoms with Gasteiger partial charge in [0.05, 0.1) is 18.1 Å². The Morgan fingerprint density at radius 2 is 1.63 bits per heavy atom. The monoisotopic (exact) mass is 395 g/mol. The third-order valence-corrected chi connectivity index (χ3v) is 6.77. The first kappa shape index (κ1) is 19.8. The third-order valence-electron chi connectivity index (χ3n) is 4.86. The second kappa shape index (κ2) is 8.37. The fraction of sp³-hybridized carbons (Fsp3) is 0.556. The summed E-state index contributed by atoms with van der Waals surface area (Å²) in [5, 5.41) is 2.69. The Labute approximate surface area is 159 Å². The molecule has 8 nitrogen and oxygen atoms in total. The van der Waals surface area contributed by atoms with E-state index in [2.05, 4.69) is 5.32 Å². The molecule has 2 fully saturated rings. The van der Waals surface area contributed by atoms with E-state index in [4.69, 9.17) is 4.74 Å². The summed E-state index contributed by atoms with van der Waals surface area (Å²) in [4.78, 5) is 26.6. The summed E-state index contributed by atoms with van der Waals surface area (Å²) >= 11 is 0. The van der Waals surface area contributed by atoms with Crippen molar-refractivity contribution in [1.82, 2.24) is 14.5 Å². The minimum Gasteiger partial charge on any atom is -0.379 e. The number of morpholine rings is 1. The molecule has 1 N–H and O–H groups in total. The van der Waals surface area contributed by atoms with Crippen molar-refractivity contribution in [3.63, 3.8) is 0 Å². The van der Waals surface area contributed by atoms with Gasteiger partial charge in [0.1, 0.15) is 6.04 Å². The average Bonchev–Trinajstić information content (AvgIpc) is 3.23. The topological polar surface area (TPSA) is 96.0 Å². The maximum atomic E-state index is 12.6. The lowest BCUT2D eigenvalue weighted by Crippen LogP contribution is -2.45. The fourth-order valence-electron chi connectivity index (χ4n) is 3.27. The van der Waals surface area contributed by atoms with Crippen molar-refractivity contribution >= 4 is 21.8 Å².